The second-order valence-corrected chi connectivity index (χ2v) is 3.53. The van der Waals surface area contributed by atoms with Crippen molar-refractivity contribution in [1.82, 2.24) is 0 Å². The fourth-order valence-corrected chi connectivity index (χ4v) is 1.21. The highest BCUT2D eigenvalue weighted by molar-refractivity contribution is 6.30. The van der Waals surface area contributed by atoms with Crippen LogP contribution in [-0.4, -0.2) is 32.6 Å². The zero-order valence-corrected chi connectivity index (χ0v) is 10.3. The molecule has 8 heteroatoms. The van der Waals surface area contributed by atoms with E-state index in [1.54, 1.807) is 24.3 Å². The van der Waals surface area contributed by atoms with Gasteiger partial charge in [-0.05, 0) is 24.3 Å². The second-order valence-electron chi connectivity index (χ2n) is 3.53. The molecular weight excluding hydrogens is 263 g/mol. The molecule has 0 saturated heterocycles. The summed E-state index contributed by atoms with van der Waals surface area (Å²) in [7, 11) is -2.17. The van der Waals surface area contributed by atoms with Crippen molar-refractivity contribution in [3.05, 3.63) is 48.5 Å². The first-order valence-corrected chi connectivity index (χ1v) is 5.52. The largest absolute Gasteiger partial charge is 0.631 e. The standard InChI is InChI=1S/C12H10N2O2.BH3O3/c15-11-8-4-7-10(12(11)16)14-13-9-5-2-1-3-6-9;2-1(3)4/h1-8,15-16H;2-4H. The van der Waals surface area contributed by atoms with Crippen molar-refractivity contribution in [1.29, 1.82) is 0 Å². The molecule has 0 aromatic heterocycles. The van der Waals surface area contributed by atoms with Crippen LogP contribution in [0.15, 0.2) is 58.8 Å². The van der Waals surface area contributed by atoms with Crippen LogP contribution in [0.4, 0.5) is 11.4 Å². The van der Waals surface area contributed by atoms with Crippen molar-refractivity contribution in [2.75, 3.05) is 0 Å². The maximum atomic E-state index is 9.47. The van der Waals surface area contributed by atoms with Gasteiger partial charge in [-0.25, -0.2) is 0 Å². The number of nitrogens with zero attached hydrogens (tertiary/aromatic N) is 2. The average Bonchev–Trinajstić information content (AvgIpc) is 2.41. The van der Waals surface area contributed by atoms with E-state index in [4.69, 9.17) is 15.1 Å². The minimum Gasteiger partial charge on any atom is -0.504 e. The van der Waals surface area contributed by atoms with Crippen LogP contribution >= 0.6 is 0 Å². The van der Waals surface area contributed by atoms with E-state index in [-0.39, 0.29) is 17.2 Å². The molecule has 7 nitrogen and oxygen atoms in total. The van der Waals surface area contributed by atoms with E-state index in [0.29, 0.717) is 5.69 Å². The lowest BCUT2D eigenvalue weighted by Gasteiger charge is -1.99. The van der Waals surface area contributed by atoms with Crippen LogP contribution in [0.1, 0.15) is 0 Å². The Hall–Kier alpha value is -2.42. The molecule has 0 aliphatic carbocycles. The molecule has 0 radical (unpaired) electrons. The Morgan fingerprint density at radius 1 is 0.750 bits per heavy atom. The molecule has 0 spiro atoms. The summed E-state index contributed by atoms with van der Waals surface area (Å²) < 4.78 is 0. The molecule has 0 aliphatic rings. The molecule has 0 aliphatic heterocycles. The van der Waals surface area contributed by atoms with Crippen molar-refractivity contribution in [3.63, 3.8) is 0 Å². The molecule has 0 unspecified atom stereocenters. The maximum Gasteiger partial charge on any atom is 0.631 e. The minimum atomic E-state index is -2.17. The van der Waals surface area contributed by atoms with E-state index in [0.717, 1.165) is 0 Å². The zero-order chi connectivity index (χ0) is 15.0. The molecule has 0 amide bonds. The van der Waals surface area contributed by atoms with Gasteiger partial charge in [-0.15, -0.1) is 5.11 Å². The SMILES string of the molecule is OB(O)O.Oc1cccc(N=Nc2ccccc2)c1O. The summed E-state index contributed by atoms with van der Waals surface area (Å²) in [5, 5.41) is 48.0. The number of phenols is 2. The minimum absolute atomic E-state index is 0.204. The Balaban J connectivity index is 0.000000444. The third-order valence-corrected chi connectivity index (χ3v) is 2.02. The van der Waals surface area contributed by atoms with Gasteiger partial charge >= 0.3 is 7.32 Å². The maximum absolute atomic E-state index is 9.47. The van der Waals surface area contributed by atoms with Gasteiger partial charge in [0.1, 0.15) is 5.69 Å². The van der Waals surface area contributed by atoms with Crippen molar-refractivity contribution < 1.29 is 25.3 Å². The van der Waals surface area contributed by atoms with Gasteiger partial charge in [-0.1, -0.05) is 24.3 Å². The van der Waals surface area contributed by atoms with Gasteiger partial charge in [-0.3, -0.25) is 0 Å². The third-order valence-electron chi connectivity index (χ3n) is 2.02. The predicted octanol–water partition coefficient (Wildman–Crippen LogP) is 1.46. The molecule has 0 fully saturated rings. The number of azo groups is 1. The summed E-state index contributed by atoms with van der Waals surface area (Å²) in [5.41, 5.74) is 0.925. The fourth-order valence-electron chi connectivity index (χ4n) is 1.21. The monoisotopic (exact) mass is 276 g/mol. The number of phenolic OH excluding ortho intramolecular Hbond substituents is 2. The molecule has 2 aromatic carbocycles. The number of hydrogen-bond acceptors (Lipinski definition) is 7. The summed E-state index contributed by atoms with van der Waals surface area (Å²) in [4.78, 5) is 0. The fraction of sp³-hybridized carbons (Fsp3) is 0. The normalized spacial score (nSPS) is 9.95. The molecule has 0 heterocycles. The zero-order valence-electron chi connectivity index (χ0n) is 10.3. The Morgan fingerprint density at radius 2 is 1.35 bits per heavy atom. The van der Waals surface area contributed by atoms with Gasteiger partial charge in [0.05, 0.1) is 5.69 Å². The molecule has 5 N–H and O–H groups in total. The van der Waals surface area contributed by atoms with Crippen LogP contribution in [0.5, 0.6) is 11.5 Å². The molecule has 104 valence electrons. The third kappa shape index (κ3) is 5.48. The summed E-state index contributed by atoms with van der Waals surface area (Å²) in [6.07, 6.45) is 0. The van der Waals surface area contributed by atoms with Crippen LogP contribution in [-0.2, 0) is 0 Å². The first kappa shape index (κ1) is 15.6. The highest BCUT2D eigenvalue weighted by Gasteiger charge is 2.03. The van der Waals surface area contributed by atoms with Crippen molar-refractivity contribution in [2.45, 2.75) is 0 Å². The summed E-state index contributed by atoms with van der Waals surface area (Å²) in [6, 6.07) is 13.7. The molecule has 2 aromatic rings. The summed E-state index contributed by atoms with van der Waals surface area (Å²) in [6.45, 7) is 0. The van der Waals surface area contributed by atoms with Gasteiger partial charge in [0.15, 0.2) is 11.5 Å². The lowest BCUT2D eigenvalue weighted by Crippen LogP contribution is -2.07. The second kappa shape index (κ2) is 7.90. The van der Waals surface area contributed by atoms with Crippen LogP contribution < -0.4 is 0 Å². The van der Waals surface area contributed by atoms with Crippen molar-refractivity contribution in [3.8, 4) is 11.5 Å². The summed E-state index contributed by atoms with van der Waals surface area (Å²) >= 11 is 0. The van der Waals surface area contributed by atoms with E-state index in [9.17, 15) is 10.2 Å². The van der Waals surface area contributed by atoms with E-state index in [1.165, 1.54) is 6.07 Å². The number of benzene rings is 2. The van der Waals surface area contributed by atoms with Crippen molar-refractivity contribution in [2.24, 2.45) is 10.2 Å². The molecule has 0 saturated carbocycles. The molecular formula is C12H13BN2O5. The van der Waals surface area contributed by atoms with Gasteiger partial charge in [-0.2, -0.15) is 5.11 Å². The Labute approximate surface area is 115 Å². The van der Waals surface area contributed by atoms with E-state index in [1.807, 2.05) is 18.2 Å². The number of para-hydroxylation sites is 1. The molecule has 2 rings (SSSR count). The number of aromatic hydroxyl groups is 2. The lowest BCUT2D eigenvalue weighted by atomic mass is 10.3. The van der Waals surface area contributed by atoms with Gasteiger partial charge < -0.3 is 25.3 Å². The first-order valence-electron chi connectivity index (χ1n) is 5.52. The van der Waals surface area contributed by atoms with E-state index >= 15 is 0 Å². The van der Waals surface area contributed by atoms with Crippen LogP contribution in [0.25, 0.3) is 0 Å². The number of hydrogen-bond donors (Lipinski definition) is 5. The molecule has 0 atom stereocenters. The van der Waals surface area contributed by atoms with E-state index in [2.05, 4.69) is 10.2 Å². The number of rotatable bonds is 2. The highest BCUT2D eigenvalue weighted by Crippen LogP contribution is 2.35. The van der Waals surface area contributed by atoms with Crippen LogP contribution in [0.3, 0.4) is 0 Å². The van der Waals surface area contributed by atoms with E-state index < -0.39 is 7.32 Å². The molecule has 0 bridgehead atoms. The van der Waals surface area contributed by atoms with Crippen molar-refractivity contribution >= 4 is 18.7 Å². The smallest absolute Gasteiger partial charge is 0.504 e. The van der Waals surface area contributed by atoms with Crippen LogP contribution in [0.2, 0.25) is 0 Å². The summed E-state index contributed by atoms with van der Waals surface area (Å²) in [5.74, 6) is -0.466. The lowest BCUT2D eigenvalue weighted by molar-refractivity contribution is 0.278. The first-order chi connectivity index (χ1) is 9.50. The Bertz CT molecular complexity index is 560. The van der Waals surface area contributed by atoms with Gasteiger partial charge in [0.25, 0.3) is 0 Å². The Morgan fingerprint density at radius 3 is 1.95 bits per heavy atom. The topological polar surface area (TPSA) is 126 Å². The quantitative estimate of drug-likeness (QED) is 0.322. The highest BCUT2D eigenvalue weighted by atomic mass is 16.5. The van der Waals surface area contributed by atoms with Gasteiger partial charge in [0.2, 0.25) is 0 Å². The predicted molar refractivity (Wildman–Crippen MR) is 72.8 cm³/mol. The average molecular weight is 276 g/mol. The molecule has 20 heavy (non-hydrogen) atoms. The van der Waals surface area contributed by atoms with Gasteiger partial charge in [0, 0.05) is 0 Å². The Kier molecular flexibility index (Phi) is 6.18. The van der Waals surface area contributed by atoms with Crippen LogP contribution in [0, 0.1) is 0 Å².